The molecule has 6 heteroatoms. The van der Waals surface area contributed by atoms with Gasteiger partial charge in [0.15, 0.2) is 0 Å². The number of hydrogen-bond donors (Lipinski definition) is 1. The Morgan fingerprint density at radius 3 is 3.24 bits per heavy atom. The Bertz CT molecular complexity index is 381. The van der Waals surface area contributed by atoms with Crippen LogP contribution in [0.2, 0.25) is 0 Å². The molecule has 0 aromatic heterocycles. The zero-order valence-electron chi connectivity index (χ0n) is 10.0. The molecule has 0 radical (unpaired) electrons. The van der Waals surface area contributed by atoms with Crippen LogP contribution in [0.25, 0.3) is 0 Å². The molecule has 2 aliphatic rings. The first-order valence-corrected chi connectivity index (χ1v) is 6.32. The SMILES string of the molecule is C=C1N=C(N)C(C)=CN1[C@H]1CO[C@@H](COC)S1. The molecule has 1 fully saturated rings. The molecule has 5 nitrogen and oxygen atoms in total. The summed E-state index contributed by atoms with van der Waals surface area (Å²) in [4.78, 5) is 6.22. The predicted molar refractivity (Wildman–Crippen MR) is 69.4 cm³/mol. The highest BCUT2D eigenvalue weighted by molar-refractivity contribution is 8.00. The van der Waals surface area contributed by atoms with Crippen molar-refractivity contribution in [2.24, 2.45) is 10.7 Å². The third-order valence-electron chi connectivity index (χ3n) is 2.63. The average Bonchev–Trinajstić information content (AvgIpc) is 2.72. The van der Waals surface area contributed by atoms with Crippen molar-refractivity contribution in [1.29, 1.82) is 0 Å². The lowest BCUT2D eigenvalue weighted by atomic mass is 10.2. The molecule has 0 amide bonds. The molecule has 2 N–H and O–H groups in total. The number of aliphatic imine (C=N–C) groups is 1. The Morgan fingerprint density at radius 1 is 1.76 bits per heavy atom. The molecule has 94 valence electrons. The van der Waals surface area contributed by atoms with E-state index in [9.17, 15) is 0 Å². The molecule has 2 atom stereocenters. The van der Waals surface area contributed by atoms with Crippen LogP contribution in [-0.2, 0) is 9.47 Å². The minimum absolute atomic E-state index is 0.0785. The lowest BCUT2D eigenvalue weighted by Crippen LogP contribution is -2.32. The van der Waals surface area contributed by atoms with Crippen molar-refractivity contribution in [3.05, 3.63) is 24.2 Å². The van der Waals surface area contributed by atoms with Crippen molar-refractivity contribution < 1.29 is 9.47 Å². The van der Waals surface area contributed by atoms with E-state index in [4.69, 9.17) is 15.2 Å². The number of nitrogens with zero attached hydrogens (tertiary/aromatic N) is 2. The number of hydrogen-bond acceptors (Lipinski definition) is 6. The summed E-state index contributed by atoms with van der Waals surface area (Å²) in [6, 6.07) is 0. The summed E-state index contributed by atoms with van der Waals surface area (Å²) in [5.41, 5.74) is 6.77. The lowest BCUT2D eigenvalue weighted by molar-refractivity contribution is 0.0568. The third kappa shape index (κ3) is 2.65. The van der Waals surface area contributed by atoms with E-state index in [1.807, 2.05) is 18.0 Å². The maximum atomic E-state index is 5.74. The van der Waals surface area contributed by atoms with Gasteiger partial charge < -0.3 is 20.1 Å². The van der Waals surface area contributed by atoms with Crippen molar-refractivity contribution in [3.8, 4) is 0 Å². The molecule has 2 heterocycles. The highest BCUT2D eigenvalue weighted by Crippen LogP contribution is 2.33. The minimum atomic E-state index is 0.0785. The van der Waals surface area contributed by atoms with Crippen LogP contribution >= 0.6 is 11.8 Å². The molecule has 0 spiro atoms. The van der Waals surface area contributed by atoms with Crippen LogP contribution in [0.1, 0.15) is 6.92 Å². The van der Waals surface area contributed by atoms with E-state index in [1.165, 1.54) is 0 Å². The van der Waals surface area contributed by atoms with Gasteiger partial charge in [0.2, 0.25) is 0 Å². The second-order valence-electron chi connectivity index (χ2n) is 3.94. The molecule has 0 bridgehead atoms. The normalized spacial score (nSPS) is 29.3. The van der Waals surface area contributed by atoms with Crippen molar-refractivity contribution in [3.63, 3.8) is 0 Å². The van der Waals surface area contributed by atoms with Gasteiger partial charge in [-0.05, 0) is 6.92 Å². The second kappa shape index (κ2) is 5.12. The fraction of sp³-hybridized carbons (Fsp3) is 0.545. The maximum Gasteiger partial charge on any atom is 0.130 e. The molecule has 0 aromatic carbocycles. The molecule has 0 saturated carbocycles. The van der Waals surface area contributed by atoms with E-state index in [0.717, 1.165) is 5.57 Å². The summed E-state index contributed by atoms with van der Waals surface area (Å²) in [7, 11) is 1.67. The van der Waals surface area contributed by atoms with Gasteiger partial charge in [0.05, 0.1) is 13.2 Å². The van der Waals surface area contributed by atoms with Gasteiger partial charge in [-0.2, -0.15) is 0 Å². The van der Waals surface area contributed by atoms with Gasteiger partial charge in [-0.1, -0.05) is 6.58 Å². The molecule has 1 saturated heterocycles. The zero-order chi connectivity index (χ0) is 12.4. The molecular formula is C11H17N3O2S. The molecular weight excluding hydrogens is 238 g/mol. The number of ether oxygens (including phenoxy) is 2. The van der Waals surface area contributed by atoms with Crippen molar-refractivity contribution in [1.82, 2.24) is 4.90 Å². The van der Waals surface area contributed by atoms with Gasteiger partial charge in [-0.15, -0.1) is 11.8 Å². The fourth-order valence-electron chi connectivity index (χ4n) is 1.70. The van der Waals surface area contributed by atoms with Crippen LogP contribution in [0.4, 0.5) is 0 Å². The van der Waals surface area contributed by atoms with Crippen LogP contribution in [0.3, 0.4) is 0 Å². The van der Waals surface area contributed by atoms with Crippen molar-refractivity contribution in [2.75, 3.05) is 20.3 Å². The number of amidine groups is 1. The van der Waals surface area contributed by atoms with Crippen LogP contribution in [0, 0.1) is 0 Å². The third-order valence-corrected chi connectivity index (χ3v) is 3.88. The summed E-state index contributed by atoms with van der Waals surface area (Å²) in [6.45, 7) is 7.07. The maximum absolute atomic E-state index is 5.74. The van der Waals surface area contributed by atoms with Gasteiger partial charge in [0.1, 0.15) is 22.5 Å². The van der Waals surface area contributed by atoms with E-state index in [0.29, 0.717) is 24.9 Å². The standard InChI is InChI=1S/C11H17N3O2S/c1-7-4-14(8(2)13-11(7)12)9-5-16-10(17-9)6-15-3/h4,9-10H,2,5-6H2,1,3H3,(H2,12,13)/t9-,10-/m1/s1. The van der Waals surface area contributed by atoms with Crippen molar-refractivity contribution >= 4 is 17.6 Å². The molecule has 0 unspecified atom stereocenters. The van der Waals surface area contributed by atoms with Crippen LogP contribution in [-0.4, -0.2) is 41.9 Å². The molecule has 0 aromatic rings. The Balaban J connectivity index is 2.03. The average molecular weight is 255 g/mol. The number of thioether (sulfide) groups is 1. The summed E-state index contributed by atoms with van der Waals surface area (Å²) >= 11 is 1.71. The first-order valence-electron chi connectivity index (χ1n) is 5.38. The monoisotopic (exact) mass is 255 g/mol. The van der Waals surface area contributed by atoms with E-state index in [2.05, 4.69) is 11.6 Å². The van der Waals surface area contributed by atoms with Crippen LogP contribution < -0.4 is 5.73 Å². The number of nitrogens with two attached hydrogens (primary N) is 1. The Morgan fingerprint density at radius 2 is 2.53 bits per heavy atom. The van der Waals surface area contributed by atoms with Gasteiger partial charge in [-0.25, -0.2) is 4.99 Å². The van der Waals surface area contributed by atoms with E-state index < -0.39 is 0 Å². The quantitative estimate of drug-likeness (QED) is 0.818. The van der Waals surface area contributed by atoms with Gasteiger partial charge >= 0.3 is 0 Å². The summed E-state index contributed by atoms with van der Waals surface area (Å²) in [5.74, 6) is 1.19. The number of rotatable bonds is 3. The Kier molecular flexibility index (Phi) is 3.76. The van der Waals surface area contributed by atoms with E-state index >= 15 is 0 Å². The van der Waals surface area contributed by atoms with Crippen molar-refractivity contribution in [2.45, 2.75) is 17.7 Å². The van der Waals surface area contributed by atoms with Gasteiger partial charge in [0.25, 0.3) is 0 Å². The fourth-order valence-corrected chi connectivity index (χ4v) is 2.89. The molecule has 2 rings (SSSR count). The molecule has 17 heavy (non-hydrogen) atoms. The minimum Gasteiger partial charge on any atom is -0.383 e. The van der Waals surface area contributed by atoms with Crippen LogP contribution in [0.5, 0.6) is 0 Å². The van der Waals surface area contributed by atoms with Crippen LogP contribution in [0.15, 0.2) is 29.2 Å². The van der Waals surface area contributed by atoms with Gasteiger partial charge in [-0.3, -0.25) is 0 Å². The number of methoxy groups -OCH3 is 1. The Hall–Kier alpha value is -0.980. The predicted octanol–water partition coefficient (Wildman–Crippen LogP) is 1.10. The summed E-state index contributed by atoms with van der Waals surface area (Å²) in [6.07, 6.45) is 1.97. The van der Waals surface area contributed by atoms with E-state index in [1.54, 1.807) is 18.9 Å². The first-order chi connectivity index (χ1) is 8.11. The first kappa shape index (κ1) is 12.5. The van der Waals surface area contributed by atoms with Gasteiger partial charge in [0, 0.05) is 18.9 Å². The lowest BCUT2D eigenvalue weighted by Gasteiger charge is -2.29. The van der Waals surface area contributed by atoms with E-state index in [-0.39, 0.29) is 10.8 Å². The largest absolute Gasteiger partial charge is 0.383 e. The molecule has 0 aliphatic carbocycles. The highest BCUT2D eigenvalue weighted by atomic mass is 32.2. The topological polar surface area (TPSA) is 60.1 Å². The molecule has 2 aliphatic heterocycles. The highest BCUT2D eigenvalue weighted by Gasteiger charge is 2.32. The summed E-state index contributed by atoms with van der Waals surface area (Å²) < 4.78 is 10.7. The zero-order valence-corrected chi connectivity index (χ0v) is 10.9. The summed E-state index contributed by atoms with van der Waals surface area (Å²) in [5, 5.41) is 0.189. The smallest absolute Gasteiger partial charge is 0.130 e. The second-order valence-corrected chi connectivity index (χ2v) is 5.28. The Labute approximate surface area is 105 Å².